The van der Waals surface area contributed by atoms with E-state index in [9.17, 15) is 29.4 Å². The lowest BCUT2D eigenvalue weighted by molar-refractivity contribution is -0.141. The molecule has 3 heterocycles. The van der Waals surface area contributed by atoms with Crippen LogP contribution in [0.1, 0.15) is 60.8 Å². The van der Waals surface area contributed by atoms with Crippen LogP contribution in [0.3, 0.4) is 0 Å². The number of pyridine rings is 2. The molecule has 5 aromatic rings. The highest BCUT2D eigenvalue weighted by Crippen LogP contribution is 2.37. The third-order valence-corrected chi connectivity index (χ3v) is 8.35. The smallest absolute Gasteiger partial charge is 0.338 e. The second-order valence-corrected chi connectivity index (χ2v) is 11.2. The number of aromatic nitrogens is 4. The van der Waals surface area contributed by atoms with Crippen molar-refractivity contribution in [2.24, 2.45) is 0 Å². The zero-order valence-corrected chi connectivity index (χ0v) is 24.9. The summed E-state index contributed by atoms with van der Waals surface area (Å²) in [5.74, 6) is -3.04. The van der Waals surface area contributed by atoms with E-state index < -0.39 is 35.1 Å². The van der Waals surface area contributed by atoms with E-state index in [2.05, 4.69) is 4.98 Å². The van der Waals surface area contributed by atoms with Crippen molar-refractivity contribution in [1.82, 2.24) is 19.1 Å². The predicted molar refractivity (Wildman–Crippen MR) is 166 cm³/mol. The molecule has 0 saturated carbocycles. The summed E-state index contributed by atoms with van der Waals surface area (Å²) in [4.78, 5) is 63.9. The van der Waals surface area contributed by atoms with E-state index in [0.29, 0.717) is 16.5 Å². The molecule has 0 fully saturated rings. The Morgan fingerprint density at radius 1 is 1.00 bits per heavy atom. The number of para-hydroxylation sites is 1. The van der Waals surface area contributed by atoms with E-state index in [-0.39, 0.29) is 40.8 Å². The lowest BCUT2D eigenvalue weighted by atomic mass is 9.90. The SMILES string of the molecule is CCC(C(=O)O)n1c(=O)c2c(-c3ccnc4ccccc34)c(C(=O)O)c(C(C)C)nc2n(Cc2ccccc2SC)c1=O. The quantitative estimate of drug-likeness (QED) is 0.213. The first-order chi connectivity index (χ1) is 20.6. The summed E-state index contributed by atoms with van der Waals surface area (Å²) in [5, 5.41) is 21.1. The molecular weight excluding hydrogens is 568 g/mol. The number of aliphatic carboxylic acids is 1. The Labute approximate surface area is 250 Å². The second kappa shape index (κ2) is 11.8. The van der Waals surface area contributed by atoms with Crippen molar-refractivity contribution in [3.63, 3.8) is 0 Å². The van der Waals surface area contributed by atoms with Crippen LogP contribution >= 0.6 is 11.8 Å². The lowest BCUT2D eigenvalue weighted by Crippen LogP contribution is -2.45. The normalized spacial score (nSPS) is 12.2. The van der Waals surface area contributed by atoms with Gasteiger partial charge in [0.05, 0.1) is 28.7 Å². The van der Waals surface area contributed by atoms with Crippen LogP contribution in [0.15, 0.2) is 75.3 Å². The van der Waals surface area contributed by atoms with Gasteiger partial charge in [-0.1, -0.05) is 57.2 Å². The summed E-state index contributed by atoms with van der Waals surface area (Å²) in [5.41, 5.74) is 0.0928. The molecule has 2 N–H and O–H groups in total. The van der Waals surface area contributed by atoms with Gasteiger partial charge in [0, 0.05) is 22.0 Å². The minimum atomic E-state index is -1.48. The monoisotopic (exact) mass is 598 g/mol. The Balaban J connectivity index is 2.09. The van der Waals surface area contributed by atoms with E-state index in [1.165, 1.54) is 22.5 Å². The van der Waals surface area contributed by atoms with Gasteiger partial charge in [-0.25, -0.2) is 23.9 Å². The van der Waals surface area contributed by atoms with Gasteiger partial charge in [0.25, 0.3) is 5.56 Å². The van der Waals surface area contributed by atoms with E-state index >= 15 is 0 Å². The van der Waals surface area contributed by atoms with Crippen molar-refractivity contribution >= 4 is 45.6 Å². The van der Waals surface area contributed by atoms with E-state index in [4.69, 9.17) is 4.98 Å². The average Bonchev–Trinajstić information content (AvgIpc) is 2.99. The molecular formula is C32H30N4O6S. The fraction of sp³-hybridized carbons (Fsp3) is 0.250. The zero-order valence-electron chi connectivity index (χ0n) is 24.1. The number of carboxylic acids is 2. The van der Waals surface area contributed by atoms with Gasteiger partial charge in [-0.15, -0.1) is 11.8 Å². The van der Waals surface area contributed by atoms with Crippen molar-refractivity contribution in [1.29, 1.82) is 0 Å². The summed E-state index contributed by atoms with van der Waals surface area (Å²) in [7, 11) is 0. The summed E-state index contributed by atoms with van der Waals surface area (Å²) >= 11 is 1.48. The van der Waals surface area contributed by atoms with E-state index in [0.717, 1.165) is 15.0 Å². The topological polar surface area (TPSA) is 144 Å². The number of hydrogen-bond acceptors (Lipinski definition) is 7. The zero-order chi connectivity index (χ0) is 31.0. The molecule has 11 heteroatoms. The minimum absolute atomic E-state index is 0.00742. The third kappa shape index (κ3) is 5.10. The predicted octanol–water partition coefficient (Wildman–Crippen LogP) is 5.40. The molecule has 0 amide bonds. The maximum Gasteiger partial charge on any atom is 0.338 e. The van der Waals surface area contributed by atoms with Gasteiger partial charge >= 0.3 is 17.6 Å². The first kappa shape index (κ1) is 29.7. The van der Waals surface area contributed by atoms with Crippen LogP contribution in [-0.4, -0.2) is 47.5 Å². The van der Waals surface area contributed by atoms with Crippen LogP contribution in [0.25, 0.3) is 33.1 Å². The molecule has 220 valence electrons. The van der Waals surface area contributed by atoms with Crippen LogP contribution in [0.5, 0.6) is 0 Å². The van der Waals surface area contributed by atoms with Gasteiger partial charge < -0.3 is 10.2 Å². The maximum atomic E-state index is 14.4. The van der Waals surface area contributed by atoms with Crippen LogP contribution in [-0.2, 0) is 11.3 Å². The Kier molecular flexibility index (Phi) is 8.19. The number of thioether (sulfide) groups is 1. The lowest BCUT2D eigenvalue weighted by Gasteiger charge is -2.22. The number of hydrogen-bond donors (Lipinski definition) is 2. The van der Waals surface area contributed by atoms with Crippen LogP contribution in [0, 0.1) is 0 Å². The van der Waals surface area contributed by atoms with Gasteiger partial charge in [0.15, 0.2) is 5.65 Å². The number of rotatable bonds is 9. The molecule has 0 bridgehead atoms. The highest BCUT2D eigenvalue weighted by Gasteiger charge is 2.32. The molecule has 5 rings (SSSR count). The maximum absolute atomic E-state index is 14.4. The summed E-state index contributed by atoms with van der Waals surface area (Å²) in [6, 6.07) is 14.7. The fourth-order valence-electron chi connectivity index (χ4n) is 5.52. The van der Waals surface area contributed by atoms with Crippen LogP contribution in [0.2, 0.25) is 0 Å². The van der Waals surface area contributed by atoms with Crippen molar-refractivity contribution in [3.05, 3.63) is 98.5 Å². The number of aromatic carboxylic acids is 1. The Morgan fingerprint density at radius 3 is 2.35 bits per heavy atom. The average molecular weight is 599 g/mol. The molecule has 1 atom stereocenters. The number of benzene rings is 2. The molecule has 43 heavy (non-hydrogen) atoms. The van der Waals surface area contributed by atoms with Gasteiger partial charge in [-0.05, 0) is 47.9 Å². The van der Waals surface area contributed by atoms with Gasteiger partial charge in [-0.2, -0.15) is 0 Å². The van der Waals surface area contributed by atoms with Gasteiger partial charge in [-0.3, -0.25) is 14.3 Å². The fourth-order valence-corrected chi connectivity index (χ4v) is 6.13. The molecule has 0 aliphatic heterocycles. The molecule has 0 radical (unpaired) electrons. The minimum Gasteiger partial charge on any atom is -0.480 e. The molecule has 0 aliphatic carbocycles. The van der Waals surface area contributed by atoms with Gasteiger partial charge in [0.2, 0.25) is 0 Å². The molecule has 3 aromatic heterocycles. The molecule has 1 unspecified atom stereocenters. The van der Waals surface area contributed by atoms with Crippen molar-refractivity contribution in [2.75, 3.05) is 6.26 Å². The highest BCUT2D eigenvalue weighted by atomic mass is 32.2. The number of carbonyl (C=O) groups is 2. The van der Waals surface area contributed by atoms with Crippen LogP contribution in [0.4, 0.5) is 0 Å². The second-order valence-electron chi connectivity index (χ2n) is 10.4. The van der Waals surface area contributed by atoms with Gasteiger partial charge in [0.1, 0.15) is 6.04 Å². The van der Waals surface area contributed by atoms with Crippen molar-refractivity contribution < 1.29 is 19.8 Å². The molecule has 10 nitrogen and oxygen atoms in total. The van der Waals surface area contributed by atoms with Crippen molar-refractivity contribution in [2.45, 2.75) is 50.6 Å². The number of fused-ring (bicyclic) bond motifs is 2. The Bertz CT molecular complexity index is 2030. The standard InChI is InChI=1S/C32H30N4O6S/c1-5-22(30(38)39)36-29(37)26-24(20-14-15-33-21-12-8-7-11-19(20)21)25(31(40)41)27(17(2)3)34-28(26)35(32(36)42)16-18-10-6-9-13-23(18)43-4/h6-15,17,22H,5,16H2,1-4H3,(H,38,39)(H,40,41). The third-order valence-electron chi connectivity index (χ3n) is 7.51. The molecule has 0 saturated heterocycles. The molecule has 0 spiro atoms. The summed E-state index contributed by atoms with van der Waals surface area (Å²) in [6.07, 6.45) is 3.38. The van der Waals surface area contributed by atoms with Crippen LogP contribution < -0.4 is 11.2 Å². The molecule has 2 aromatic carbocycles. The Hall–Kier alpha value is -4.77. The first-order valence-corrected chi connectivity index (χ1v) is 15.0. The van der Waals surface area contributed by atoms with Crippen molar-refractivity contribution in [3.8, 4) is 11.1 Å². The van der Waals surface area contributed by atoms with E-state index in [1.54, 1.807) is 51.1 Å². The largest absolute Gasteiger partial charge is 0.480 e. The van der Waals surface area contributed by atoms with E-state index in [1.807, 2.05) is 30.5 Å². The summed E-state index contributed by atoms with van der Waals surface area (Å²) < 4.78 is 2.02. The number of nitrogens with zero attached hydrogens (tertiary/aromatic N) is 4. The highest BCUT2D eigenvalue weighted by molar-refractivity contribution is 7.98. The first-order valence-electron chi connectivity index (χ1n) is 13.8. The number of carboxylic acid groups (broad SMARTS) is 2. The Morgan fingerprint density at radius 2 is 1.70 bits per heavy atom. The summed E-state index contributed by atoms with van der Waals surface area (Å²) in [6.45, 7) is 5.14. The molecule has 0 aliphatic rings.